The minimum atomic E-state index is 0. The van der Waals surface area contributed by atoms with E-state index in [-0.39, 0.29) is 24.0 Å². The van der Waals surface area contributed by atoms with Gasteiger partial charge in [0.05, 0.1) is 0 Å². The van der Waals surface area contributed by atoms with Gasteiger partial charge in [-0.25, -0.2) is 0 Å². The minimum absolute atomic E-state index is 0. The quantitative estimate of drug-likeness (QED) is 0.249. The molecule has 0 spiro atoms. The third-order valence-corrected chi connectivity index (χ3v) is 3.99. The van der Waals surface area contributed by atoms with Gasteiger partial charge in [-0.15, -0.1) is 24.0 Å². The van der Waals surface area contributed by atoms with E-state index in [1.807, 2.05) is 18.8 Å². The fourth-order valence-electron chi connectivity index (χ4n) is 2.02. The summed E-state index contributed by atoms with van der Waals surface area (Å²) in [6.07, 6.45) is 4.62. The van der Waals surface area contributed by atoms with Gasteiger partial charge in [0.25, 0.3) is 0 Å². The van der Waals surface area contributed by atoms with Crippen LogP contribution in [0.25, 0.3) is 0 Å². The number of nitrogens with one attached hydrogen (secondary N) is 2. The van der Waals surface area contributed by atoms with Gasteiger partial charge in [0.1, 0.15) is 0 Å². The molecule has 0 aromatic rings. The lowest BCUT2D eigenvalue weighted by Crippen LogP contribution is -2.46. The van der Waals surface area contributed by atoms with Gasteiger partial charge in [0.2, 0.25) is 0 Å². The number of nitrogens with zero attached hydrogens (tertiary/aromatic N) is 2. The number of unbranched alkanes of at least 4 members (excludes halogenated alkanes) is 1. The van der Waals surface area contributed by atoms with Crippen LogP contribution in [0.1, 0.15) is 33.6 Å². The summed E-state index contributed by atoms with van der Waals surface area (Å²) >= 11 is 1.91. The standard InChI is InChI=1S/C14H32N4S.HI/c1-6-18(7-2)13(3)12-17-14(15-4)16-10-8-9-11-19-5;/h13H,6-12H2,1-5H3,(H2,15,16,17);1H. The zero-order chi connectivity index (χ0) is 14.5. The molecule has 0 fully saturated rings. The summed E-state index contributed by atoms with van der Waals surface area (Å²) in [5.41, 5.74) is 0. The highest BCUT2D eigenvalue weighted by Crippen LogP contribution is 1.98. The molecule has 0 radical (unpaired) electrons. The number of guanidine groups is 1. The maximum Gasteiger partial charge on any atom is 0.191 e. The normalized spacial score (nSPS) is 13.0. The van der Waals surface area contributed by atoms with Crippen molar-refractivity contribution in [2.24, 2.45) is 4.99 Å². The van der Waals surface area contributed by atoms with Gasteiger partial charge in [0.15, 0.2) is 5.96 Å². The smallest absolute Gasteiger partial charge is 0.191 e. The highest BCUT2D eigenvalue weighted by atomic mass is 127. The molecule has 1 atom stereocenters. The van der Waals surface area contributed by atoms with E-state index in [0.717, 1.165) is 32.1 Å². The van der Waals surface area contributed by atoms with Crippen molar-refractivity contribution in [2.75, 3.05) is 45.2 Å². The first-order valence-corrected chi connectivity index (χ1v) is 8.76. The van der Waals surface area contributed by atoms with Crippen LogP contribution in [0.3, 0.4) is 0 Å². The van der Waals surface area contributed by atoms with Gasteiger partial charge in [-0.3, -0.25) is 9.89 Å². The SMILES string of the molecule is CCN(CC)C(C)CNC(=NC)NCCCCSC.I. The molecule has 6 heteroatoms. The number of halogens is 1. The predicted molar refractivity (Wildman–Crippen MR) is 105 cm³/mol. The monoisotopic (exact) mass is 416 g/mol. The largest absolute Gasteiger partial charge is 0.356 e. The molecule has 2 N–H and O–H groups in total. The minimum Gasteiger partial charge on any atom is -0.356 e. The van der Waals surface area contributed by atoms with Crippen molar-refractivity contribution in [2.45, 2.75) is 39.7 Å². The average molecular weight is 416 g/mol. The maximum absolute atomic E-state index is 4.26. The van der Waals surface area contributed by atoms with Gasteiger partial charge < -0.3 is 10.6 Å². The number of likely N-dealkylation sites (N-methyl/N-ethyl adjacent to an activating group) is 1. The van der Waals surface area contributed by atoms with Crippen molar-refractivity contribution >= 4 is 41.7 Å². The third-order valence-electron chi connectivity index (χ3n) is 3.29. The van der Waals surface area contributed by atoms with Gasteiger partial charge in [-0.2, -0.15) is 11.8 Å². The molecule has 4 nitrogen and oxygen atoms in total. The molecule has 1 unspecified atom stereocenters. The summed E-state index contributed by atoms with van der Waals surface area (Å²) in [5, 5.41) is 6.77. The molecule has 0 aromatic heterocycles. The maximum atomic E-state index is 4.26. The fraction of sp³-hybridized carbons (Fsp3) is 0.929. The topological polar surface area (TPSA) is 39.7 Å². The van der Waals surface area contributed by atoms with Gasteiger partial charge in [-0.1, -0.05) is 13.8 Å². The van der Waals surface area contributed by atoms with Crippen LogP contribution in [0.15, 0.2) is 4.99 Å². The molecule has 20 heavy (non-hydrogen) atoms. The zero-order valence-electron chi connectivity index (χ0n) is 13.7. The van der Waals surface area contributed by atoms with Crippen molar-refractivity contribution in [3.05, 3.63) is 0 Å². The van der Waals surface area contributed by atoms with Gasteiger partial charge >= 0.3 is 0 Å². The molecule has 0 saturated carbocycles. The molecule has 0 aromatic carbocycles. The molecule has 0 saturated heterocycles. The Morgan fingerprint density at radius 3 is 2.35 bits per heavy atom. The van der Waals surface area contributed by atoms with E-state index in [0.29, 0.717) is 6.04 Å². The van der Waals surface area contributed by atoms with Crippen molar-refractivity contribution in [3.8, 4) is 0 Å². The van der Waals surface area contributed by atoms with Crippen molar-refractivity contribution < 1.29 is 0 Å². The first-order chi connectivity index (χ1) is 9.19. The number of thioether (sulfide) groups is 1. The Labute approximate surface area is 147 Å². The lowest BCUT2D eigenvalue weighted by atomic mass is 10.3. The number of hydrogen-bond acceptors (Lipinski definition) is 3. The predicted octanol–water partition coefficient (Wildman–Crippen LogP) is 2.64. The van der Waals surface area contributed by atoms with Crippen LogP contribution in [-0.2, 0) is 0 Å². The first kappa shape index (κ1) is 22.6. The van der Waals surface area contributed by atoms with E-state index >= 15 is 0 Å². The molecular weight excluding hydrogens is 383 g/mol. The Bertz CT molecular complexity index is 235. The van der Waals surface area contributed by atoms with E-state index in [9.17, 15) is 0 Å². The van der Waals surface area contributed by atoms with Crippen molar-refractivity contribution in [1.82, 2.24) is 15.5 Å². The highest BCUT2D eigenvalue weighted by Gasteiger charge is 2.09. The third kappa shape index (κ3) is 11.0. The Morgan fingerprint density at radius 2 is 1.85 bits per heavy atom. The Hall–Kier alpha value is 0.310. The first-order valence-electron chi connectivity index (χ1n) is 7.37. The lowest BCUT2D eigenvalue weighted by molar-refractivity contribution is 0.231. The molecule has 0 heterocycles. The summed E-state index contributed by atoms with van der Waals surface area (Å²) in [6, 6.07) is 0.532. The molecule has 122 valence electrons. The highest BCUT2D eigenvalue weighted by molar-refractivity contribution is 14.0. The lowest BCUT2D eigenvalue weighted by Gasteiger charge is -2.27. The van der Waals surface area contributed by atoms with Crippen LogP contribution >= 0.6 is 35.7 Å². The van der Waals surface area contributed by atoms with Crippen LogP contribution in [0.5, 0.6) is 0 Å². The molecule has 0 amide bonds. The van der Waals surface area contributed by atoms with E-state index in [4.69, 9.17) is 0 Å². The zero-order valence-corrected chi connectivity index (χ0v) is 16.9. The fourth-order valence-corrected chi connectivity index (χ4v) is 2.51. The summed E-state index contributed by atoms with van der Waals surface area (Å²) in [5.74, 6) is 2.16. The molecular formula is C14H33IN4S. The Kier molecular flexibility index (Phi) is 17.7. The molecule has 0 aliphatic rings. The number of rotatable bonds is 10. The van der Waals surface area contributed by atoms with E-state index in [1.165, 1.54) is 18.6 Å². The molecule has 0 aliphatic heterocycles. The van der Waals surface area contributed by atoms with Gasteiger partial charge in [-0.05, 0) is 44.9 Å². The van der Waals surface area contributed by atoms with E-state index in [2.05, 4.69) is 47.6 Å². The van der Waals surface area contributed by atoms with Crippen LogP contribution in [0.4, 0.5) is 0 Å². The molecule has 0 rings (SSSR count). The van der Waals surface area contributed by atoms with Crippen LogP contribution < -0.4 is 10.6 Å². The summed E-state index contributed by atoms with van der Waals surface area (Å²) in [6.45, 7) is 10.8. The number of hydrogen-bond donors (Lipinski definition) is 2. The van der Waals surface area contributed by atoms with Crippen molar-refractivity contribution in [3.63, 3.8) is 0 Å². The Balaban J connectivity index is 0. The average Bonchev–Trinajstić information content (AvgIpc) is 2.43. The summed E-state index contributed by atoms with van der Waals surface area (Å²) < 4.78 is 0. The summed E-state index contributed by atoms with van der Waals surface area (Å²) in [7, 11) is 1.83. The summed E-state index contributed by atoms with van der Waals surface area (Å²) in [4.78, 5) is 6.70. The Morgan fingerprint density at radius 1 is 1.20 bits per heavy atom. The van der Waals surface area contributed by atoms with Gasteiger partial charge in [0, 0.05) is 26.2 Å². The van der Waals surface area contributed by atoms with E-state index in [1.54, 1.807) is 0 Å². The van der Waals surface area contributed by atoms with Crippen LogP contribution in [0.2, 0.25) is 0 Å². The van der Waals surface area contributed by atoms with Crippen molar-refractivity contribution in [1.29, 1.82) is 0 Å². The molecule has 0 bridgehead atoms. The second-order valence-electron chi connectivity index (χ2n) is 4.65. The second kappa shape index (κ2) is 15.7. The second-order valence-corrected chi connectivity index (χ2v) is 5.64. The van der Waals surface area contributed by atoms with Crippen LogP contribution in [-0.4, -0.2) is 62.1 Å². The molecule has 0 aliphatic carbocycles. The number of aliphatic imine (C=N–C) groups is 1. The van der Waals surface area contributed by atoms with Crippen LogP contribution in [0, 0.1) is 0 Å². The van der Waals surface area contributed by atoms with E-state index < -0.39 is 0 Å².